The highest BCUT2D eigenvalue weighted by Crippen LogP contribution is 2.31. The number of thioether (sulfide) groups is 1. The van der Waals surface area contributed by atoms with E-state index in [0.29, 0.717) is 49.3 Å². The summed E-state index contributed by atoms with van der Waals surface area (Å²) in [5, 5.41) is 9.94. The fourth-order valence-corrected chi connectivity index (χ4v) is 6.61. The summed E-state index contributed by atoms with van der Waals surface area (Å²) in [6.45, 7) is 12.9. The normalized spacial score (nSPS) is 21.5. The Kier molecular flexibility index (Phi) is 12.4. The smallest absolute Gasteiger partial charge is 0.410 e. The van der Waals surface area contributed by atoms with Gasteiger partial charge in [0.25, 0.3) is 0 Å². The molecule has 5 unspecified atom stereocenters. The summed E-state index contributed by atoms with van der Waals surface area (Å²) in [6.07, 6.45) is -0.356. The zero-order valence-corrected chi connectivity index (χ0v) is 27.6. The van der Waals surface area contributed by atoms with Crippen LogP contribution in [-0.2, 0) is 23.9 Å². The third-order valence-electron chi connectivity index (χ3n) is 7.84. The second-order valence-corrected chi connectivity index (χ2v) is 14.1. The van der Waals surface area contributed by atoms with E-state index in [1.807, 2.05) is 65.0 Å². The lowest BCUT2D eigenvalue weighted by molar-refractivity contribution is -0.153. The van der Waals surface area contributed by atoms with Crippen molar-refractivity contribution in [3.05, 3.63) is 35.9 Å². The highest BCUT2D eigenvalue weighted by atomic mass is 32.2. The number of hydrogen-bond acceptors (Lipinski definition) is 8. The molecule has 2 aliphatic heterocycles. The maximum absolute atomic E-state index is 14.3. The van der Waals surface area contributed by atoms with Crippen LogP contribution in [0.15, 0.2) is 30.3 Å². The molecule has 0 spiro atoms. The molecule has 5 atom stereocenters. The number of morpholine rings is 1. The first-order valence-electron chi connectivity index (χ1n) is 14.8. The Morgan fingerprint density at radius 3 is 2.19 bits per heavy atom. The summed E-state index contributed by atoms with van der Waals surface area (Å²) < 4.78 is 11.6. The number of rotatable bonds is 9. The molecule has 2 saturated heterocycles. The fraction of sp³-hybridized carbons (Fsp3) is 0.645. The number of carbonyl (C=O) groups excluding carboxylic acids is 3. The zero-order valence-electron chi connectivity index (χ0n) is 26.0. The van der Waals surface area contributed by atoms with Gasteiger partial charge in [0.05, 0.1) is 29.2 Å². The lowest BCUT2D eigenvalue weighted by atomic mass is 9.83. The average Bonchev–Trinajstić information content (AvgIpc) is 2.97. The summed E-state index contributed by atoms with van der Waals surface area (Å²) in [7, 11) is 0. The maximum Gasteiger partial charge on any atom is 0.410 e. The minimum absolute atomic E-state index is 0.0697. The molecular weight excluding hydrogens is 590 g/mol. The van der Waals surface area contributed by atoms with Gasteiger partial charge in [-0.15, -0.1) is 11.8 Å². The van der Waals surface area contributed by atoms with Crippen LogP contribution in [0.1, 0.15) is 53.5 Å². The Morgan fingerprint density at radius 2 is 1.60 bits per heavy atom. The zero-order chi connectivity index (χ0) is 31.9. The Balaban J connectivity index is 1.86. The van der Waals surface area contributed by atoms with Crippen molar-refractivity contribution in [2.24, 2.45) is 17.8 Å². The first kappa shape index (κ1) is 34.8. The number of piperazine rings is 1. The number of carbonyl (C=O) groups is 4. The Hall–Kier alpha value is -2.70. The monoisotopic (exact) mass is 635 g/mol. The van der Waals surface area contributed by atoms with Crippen molar-refractivity contribution in [2.75, 3.05) is 45.1 Å². The summed E-state index contributed by atoms with van der Waals surface area (Å²) in [4.78, 5) is 58.0. The number of carboxylic acid groups (broad SMARTS) is 1. The number of nitrogens with zero attached hydrogens (tertiary/aromatic N) is 3. The second kappa shape index (κ2) is 15.3. The predicted octanol–water partition coefficient (Wildman–Crippen LogP) is 4.15. The number of thiocarbonyl (C=S) groups is 1. The van der Waals surface area contributed by atoms with Crippen LogP contribution in [0.4, 0.5) is 4.79 Å². The van der Waals surface area contributed by atoms with Gasteiger partial charge in [0.1, 0.15) is 5.60 Å². The fourth-order valence-electron chi connectivity index (χ4n) is 5.33. The predicted molar refractivity (Wildman–Crippen MR) is 170 cm³/mol. The summed E-state index contributed by atoms with van der Waals surface area (Å²) in [6, 6.07) is 8.89. The van der Waals surface area contributed by atoms with Gasteiger partial charge >= 0.3 is 12.1 Å². The van der Waals surface area contributed by atoms with Crippen molar-refractivity contribution in [1.82, 2.24) is 14.7 Å². The highest BCUT2D eigenvalue weighted by molar-refractivity contribution is 8.23. The van der Waals surface area contributed by atoms with Gasteiger partial charge in [-0.25, -0.2) is 4.79 Å². The maximum atomic E-state index is 14.3. The number of hydrogen-bond donors (Lipinski definition) is 1. The van der Waals surface area contributed by atoms with Crippen LogP contribution in [0, 0.1) is 17.8 Å². The van der Waals surface area contributed by atoms with Crippen molar-refractivity contribution in [3.63, 3.8) is 0 Å². The van der Waals surface area contributed by atoms with Crippen LogP contribution < -0.4 is 0 Å². The molecule has 1 N–H and O–H groups in total. The highest BCUT2D eigenvalue weighted by Gasteiger charge is 2.42. The van der Waals surface area contributed by atoms with Gasteiger partial charge < -0.3 is 29.3 Å². The van der Waals surface area contributed by atoms with Crippen molar-refractivity contribution < 1.29 is 33.8 Å². The van der Waals surface area contributed by atoms with Crippen molar-refractivity contribution in [2.45, 2.75) is 65.6 Å². The third kappa shape index (κ3) is 9.64. The van der Waals surface area contributed by atoms with Crippen LogP contribution in [-0.4, -0.2) is 111 Å². The molecule has 0 aromatic heterocycles. The van der Waals surface area contributed by atoms with Crippen LogP contribution in [0.25, 0.3) is 0 Å². The van der Waals surface area contributed by atoms with Crippen molar-refractivity contribution >= 4 is 52.1 Å². The molecule has 0 saturated carbocycles. The van der Waals surface area contributed by atoms with E-state index in [9.17, 15) is 24.3 Å². The molecule has 2 fully saturated rings. The SMILES string of the molecule is CC(C(=O)O)C(CC(CSC(=S)c1ccccc1)C(=O)N1CC(C)N(C(=O)OC(C)(C)C)CC1C)C(=O)N1CCOCC1. The average molecular weight is 636 g/mol. The lowest BCUT2D eigenvalue weighted by Gasteiger charge is -2.45. The Bertz CT molecular complexity index is 1150. The molecule has 2 aliphatic rings. The molecule has 2 heterocycles. The lowest BCUT2D eigenvalue weighted by Crippen LogP contribution is -2.61. The van der Waals surface area contributed by atoms with Gasteiger partial charge in [-0.1, -0.05) is 49.5 Å². The van der Waals surface area contributed by atoms with Gasteiger partial charge in [-0.2, -0.15) is 0 Å². The Labute approximate surface area is 264 Å². The number of benzene rings is 1. The van der Waals surface area contributed by atoms with Gasteiger partial charge in [0.15, 0.2) is 0 Å². The van der Waals surface area contributed by atoms with Gasteiger partial charge in [-0.05, 0) is 46.6 Å². The van der Waals surface area contributed by atoms with Crippen molar-refractivity contribution in [3.8, 4) is 0 Å². The number of carboxylic acids is 1. The van der Waals surface area contributed by atoms with E-state index in [2.05, 4.69) is 0 Å². The van der Waals surface area contributed by atoms with Gasteiger partial charge in [0, 0.05) is 49.9 Å². The molecular formula is C31H45N3O7S2. The summed E-state index contributed by atoms with van der Waals surface area (Å²) in [5.74, 6) is -3.81. The van der Waals surface area contributed by atoms with E-state index in [0.717, 1.165) is 5.56 Å². The number of aliphatic carboxylic acids is 1. The minimum Gasteiger partial charge on any atom is -0.481 e. The van der Waals surface area contributed by atoms with E-state index in [1.165, 1.54) is 18.7 Å². The minimum atomic E-state index is -1.08. The molecule has 43 heavy (non-hydrogen) atoms. The molecule has 0 bridgehead atoms. The standard InChI is InChI=1S/C31H45N3O7S2/c1-20-18-34(30(39)41-31(4,5)6)21(2)17-33(20)26(35)24(19-43-29(42)23-10-8-7-9-11-23)16-25(22(3)28(37)38)27(36)32-12-14-40-15-13-32/h7-11,20-22,24-25H,12-19H2,1-6H3,(H,37,38). The van der Waals surface area contributed by atoms with Crippen molar-refractivity contribution in [1.29, 1.82) is 0 Å². The second-order valence-electron chi connectivity index (χ2n) is 12.4. The molecule has 3 amide bonds. The molecule has 12 heteroatoms. The van der Waals surface area contributed by atoms with Gasteiger partial charge in [-0.3, -0.25) is 14.4 Å². The van der Waals surface area contributed by atoms with E-state index < -0.39 is 35.4 Å². The molecule has 1 aromatic carbocycles. The molecule has 0 aliphatic carbocycles. The largest absolute Gasteiger partial charge is 0.481 e. The third-order valence-corrected chi connectivity index (χ3v) is 9.50. The van der Waals surface area contributed by atoms with Crippen LogP contribution in [0.2, 0.25) is 0 Å². The van der Waals surface area contributed by atoms with Crippen LogP contribution in [0.3, 0.4) is 0 Å². The van der Waals surface area contributed by atoms with Crippen LogP contribution >= 0.6 is 24.0 Å². The van der Waals surface area contributed by atoms with E-state index >= 15 is 0 Å². The van der Waals surface area contributed by atoms with E-state index in [4.69, 9.17) is 21.7 Å². The van der Waals surface area contributed by atoms with E-state index in [-0.39, 0.29) is 30.3 Å². The van der Waals surface area contributed by atoms with Gasteiger partial charge in [0.2, 0.25) is 11.8 Å². The number of ether oxygens (including phenoxy) is 2. The summed E-state index contributed by atoms with van der Waals surface area (Å²) in [5.41, 5.74) is 0.219. The topological polar surface area (TPSA) is 117 Å². The van der Waals surface area contributed by atoms with Crippen LogP contribution in [0.5, 0.6) is 0 Å². The summed E-state index contributed by atoms with van der Waals surface area (Å²) >= 11 is 7.03. The molecule has 238 valence electrons. The first-order valence-corrected chi connectivity index (χ1v) is 16.2. The van der Waals surface area contributed by atoms with E-state index in [1.54, 1.807) is 14.7 Å². The molecule has 0 radical (unpaired) electrons. The molecule has 10 nitrogen and oxygen atoms in total. The number of amides is 3. The quantitative estimate of drug-likeness (QED) is 0.400. The Morgan fingerprint density at radius 1 is 1.02 bits per heavy atom. The molecule has 3 rings (SSSR count). The molecule has 1 aromatic rings. The first-order chi connectivity index (χ1) is 20.2.